The SMILES string of the molecule is CCNCc1csc(S(=O)(=O)Nc2cc(Cl)ccc2Br)c1. The normalized spacial score (nSPS) is 11.6. The molecule has 0 aliphatic rings. The molecule has 0 amide bonds. The number of sulfonamides is 1. The Morgan fingerprint density at radius 2 is 2.10 bits per heavy atom. The third kappa shape index (κ3) is 4.43. The van der Waals surface area contributed by atoms with E-state index in [1.807, 2.05) is 12.3 Å². The van der Waals surface area contributed by atoms with Gasteiger partial charge in [0, 0.05) is 16.0 Å². The summed E-state index contributed by atoms with van der Waals surface area (Å²) in [5.74, 6) is 0. The van der Waals surface area contributed by atoms with E-state index in [0.29, 0.717) is 21.7 Å². The zero-order valence-corrected chi connectivity index (χ0v) is 15.2. The van der Waals surface area contributed by atoms with Crippen molar-refractivity contribution in [2.24, 2.45) is 0 Å². The first-order valence-electron chi connectivity index (χ1n) is 6.18. The van der Waals surface area contributed by atoms with Gasteiger partial charge in [0.15, 0.2) is 0 Å². The maximum absolute atomic E-state index is 12.4. The van der Waals surface area contributed by atoms with Crippen LogP contribution in [-0.4, -0.2) is 15.0 Å². The summed E-state index contributed by atoms with van der Waals surface area (Å²) in [6.45, 7) is 3.50. The molecule has 2 N–H and O–H groups in total. The molecule has 0 unspecified atom stereocenters. The Morgan fingerprint density at radius 3 is 2.81 bits per heavy atom. The molecule has 0 fully saturated rings. The lowest BCUT2D eigenvalue weighted by Crippen LogP contribution is -2.13. The Bertz CT molecular complexity index is 732. The minimum absolute atomic E-state index is 0.280. The molecule has 0 aliphatic carbocycles. The predicted octanol–water partition coefficient (Wildman–Crippen LogP) is 4.07. The van der Waals surface area contributed by atoms with E-state index in [1.54, 1.807) is 24.3 Å². The summed E-state index contributed by atoms with van der Waals surface area (Å²) in [6, 6.07) is 6.62. The number of halogens is 2. The average molecular weight is 410 g/mol. The van der Waals surface area contributed by atoms with E-state index < -0.39 is 10.0 Å². The van der Waals surface area contributed by atoms with Crippen molar-refractivity contribution in [2.75, 3.05) is 11.3 Å². The molecular weight excluding hydrogens is 396 g/mol. The van der Waals surface area contributed by atoms with E-state index in [9.17, 15) is 8.42 Å². The van der Waals surface area contributed by atoms with Crippen molar-refractivity contribution in [3.05, 3.63) is 44.7 Å². The minimum Gasteiger partial charge on any atom is -0.313 e. The van der Waals surface area contributed by atoms with Gasteiger partial charge in [-0.25, -0.2) is 8.42 Å². The number of anilines is 1. The maximum Gasteiger partial charge on any atom is 0.271 e. The van der Waals surface area contributed by atoms with E-state index in [1.165, 1.54) is 11.3 Å². The van der Waals surface area contributed by atoms with E-state index in [-0.39, 0.29) is 4.21 Å². The first-order valence-corrected chi connectivity index (χ1v) is 9.71. The van der Waals surface area contributed by atoms with Crippen LogP contribution in [0.25, 0.3) is 0 Å². The third-order valence-electron chi connectivity index (χ3n) is 2.65. The molecule has 1 heterocycles. The monoisotopic (exact) mass is 408 g/mol. The molecule has 8 heteroatoms. The molecule has 0 bridgehead atoms. The van der Waals surface area contributed by atoms with Crippen LogP contribution in [0.1, 0.15) is 12.5 Å². The van der Waals surface area contributed by atoms with Crippen molar-refractivity contribution >= 4 is 54.6 Å². The summed E-state index contributed by atoms with van der Waals surface area (Å²) in [5.41, 5.74) is 1.37. The molecular formula is C13H14BrClN2O2S2. The third-order valence-corrected chi connectivity index (χ3v) is 6.43. The van der Waals surface area contributed by atoms with Crippen LogP contribution >= 0.6 is 38.9 Å². The molecule has 0 saturated heterocycles. The molecule has 114 valence electrons. The predicted molar refractivity (Wildman–Crippen MR) is 91.7 cm³/mol. The van der Waals surface area contributed by atoms with Crippen LogP contribution in [0.3, 0.4) is 0 Å². The van der Waals surface area contributed by atoms with E-state index in [2.05, 4.69) is 26.0 Å². The topological polar surface area (TPSA) is 58.2 Å². The summed E-state index contributed by atoms with van der Waals surface area (Å²) >= 11 is 10.4. The van der Waals surface area contributed by atoms with Crippen molar-refractivity contribution in [2.45, 2.75) is 17.7 Å². The Balaban J connectivity index is 2.22. The van der Waals surface area contributed by atoms with Crippen LogP contribution in [-0.2, 0) is 16.6 Å². The summed E-state index contributed by atoms with van der Waals surface area (Å²) in [6.07, 6.45) is 0. The molecule has 2 aromatic rings. The smallest absolute Gasteiger partial charge is 0.271 e. The first-order chi connectivity index (χ1) is 9.92. The van der Waals surface area contributed by atoms with Crippen LogP contribution < -0.4 is 10.0 Å². The van der Waals surface area contributed by atoms with Gasteiger partial charge >= 0.3 is 0 Å². The fraction of sp³-hybridized carbons (Fsp3) is 0.231. The van der Waals surface area contributed by atoms with Crippen molar-refractivity contribution in [3.63, 3.8) is 0 Å². The van der Waals surface area contributed by atoms with Gasteiger partial charge in [0.05, 0.1) is 5.69 Å². The Labute approximate surface area is 141 Å². The molecule has 0 aliphatic heterocycles. The highest BCUT2D eigenvalue weighted by Crippen LogP contribution is 2.29. The number of rotatable bonds is 6. The molecule has 1 aromatic carbocycles. The van der Waals surface area contributed by atoms with Gasteiger partial charge in [0.25, 0.3) is 10.0 Å². The summed E-state index contributed by atoms with van der Waals surface area (Å²) in [5, 5.41) is 5.47. The van der Waals surface area contributed by atoms with Gasteiger partial charge in [-0.1, -0.05) is 18.5 Å². The quantitative estimate of drug-likeness (QED) is 0.756. The van der Waals surface area contributed by atoms with Gasteiger partial charge in [0.2, 0.25) is 0 Å². The van der Waals surface area contributed by atoms with Crippen LogP contribution in [0.5, 0.6) is 0 Å². The lowest BCUT2D eigenvalue weighted by Gasteiger charge is -2.08. The van der Waals surface area contributed by atoms with Crippen LogP contribution in [0.4, 0.5) is 5.69 Å². The fourth-order valence-corrected chi connectivity index (χ4v) is 4.56. The zero-order valence-electron chi connectivity index (χ0n) is 11.2. The second-order valence-corrected chi connectivity index (χ2v) is 8.40. The van der Waals surface area contributed by atoms with E-state index in [4.69, 9.17) is 11.6 Å². The van der Waals surface area contributed by atoms with Gasteiger partial charge in [-0.2, -0.15) is 0 Å². The molecule has 0 saturated carbocycles. The zero-order chi connectivity index (χ0) is 15.5. The van der Waals surface area contributed by atoms with Gasteiger partial charge in [-0.15, -0.1) is 11.3 Å². The van der Waals surface area contributed by atoms with Gasteiger partial charge in [-0.3, -0.25) is 4.72 Å². The molecule has 0 atom stereocenters. The second-order valence-electron chi connectivity index (χ2n) is 4.28. The molecule has 0 radical (unpaired) electrons. The van der Waals surface area contributed by atoms with E-state index in [0.717, 1.165) is 12.1 Å². The van der Waals surface area contributed by atoms with Crippen molar-refractivity contribution in [1.29, 1.82) is 0 Å². The van der Waals surface area contributed by atoms with E-state index >= 15 is 0 Å². The number of hydrogen-bond acceptors (Lipinski definition) is 4. The summed E-state index contributed by atoms with van der Waals surface area (Å²) in [4.78, 5) is 0. The first kappa shape index (κ1) is 16.8. The number of nitrogens with one attached hydrogen (secondary N) is 2. The lowest BCUT2D eigenvalue weighted by molar-refractivity contribution is 0.603. The Kier molecular flexibility index (Phi) is 5.67. The van der Waals surface area contributed by atoms with Crippen LogP contribution in [0.2, 0.25) is 5.02 Å². The standard InChI is InChI=1S/C13H14BrClN2O2S2/c1-2-16-7-9-5-13(20-8-9)21(18,19)17-12-6-10(15)3-4-11(12)14/h3-6,8,16-17H,2,7H2,1H3. The minimum atomic E-state index is -3.60. The average Bonchev–Trinajstić information content (AvgIpc) is 2.90. The molecule has 2 rings (SSSR count). The Hall–Kier alpha value is -0.600. The molecule has 21 heavy (non-hydrogen) atoms. The lowest BCUT2D eigenvalue weighted by atomic mass is 10.3. The van der Waals surface area contributed by atoms with Gasteiger partial charge in [0.1, 0.15) is 4.21 Å². The summed E-state index contributed by atoms with van der Waals surface area (Å²) < 4.78 is 28.2. The highest BCUT2D eigenvalue weighted by Gasteiger charge is 2.18. The largest absolute Gasteiger partial charge is 0.313 e. The Morgan fingerprint density at radius 1 is 1.33 bits per heavy atom. The molecule has 4 nitrogen and oxygen atoms in total. The maximum atomic E-state index is 12.4. The molecule has 1 aromatic heterocycles. The highest BCUT2D eigenvalue weighted by atomic mass is 79.9. The summed E-state index contributed by atoms with van der Waals surface area (Å²) in [7, 11) is -3.60. The number of thiophene rings is 1. The number of benzene rings is 1. The van der Waals surface area contributed by atoms with Gasteiger partial charge < -0.3 is 5.32 Å². The van der Waals surface area contributed by atoms with Crippen molar-refractivity contribution < 1.29 is 8.42 Å². The van der Waals surface area contributed by atoms with Crippen LogP contribution in [0, 0.1) is 0 Å². The number of hydrogen-bond donors (Lipinski definition) is 2. The highest BCUT2D eigenvalue weighted by molar-refractivity contribution is 9.10. The fourth-order valence-electron chi connectivity index (χ4n) is 1.63. The van der Waals surface area contributed by atoms with Crippen LogP contribution in [0.15, 0.2) is 38.3 Å². The van der Waals surface area contributed by atoms with Crippen molar-refractivity contribution in [1.82, 2.24) is 5.32 Å². The van der Waals surface area contributed by atoms with Crippen molar-refractivity contribution in [3.8, 4) is 0 Å². The molecule has 0 spiro atoms. The van der Waals surface area contributed by atoms with Gasteiger partial charge in [-0.05, 0) is 57.7 Å². The second kappa shape index (κ2) is 7.11.